The Morgan fingerprint density at radius 3 is 2.95 bits per heavy atom. The molecular weight excluding hydrogens is 294 g/mol. The normalized spacial score (nSPS) is 31.5. The average Bonchev–Trinajstić information content (AvgIpc) is 3.05. The smallest absolute Gasteiger partial charge is 0.274 e. The number of imidazole rings is 1. The summed E-state index contributed by atoms with van der Waals surface area (Å²) in [6.45, 7) is 0.825. The van der Waals surface area contributed by atoms with Crippen LogP contribution in [-0.2, 0) is 4.74 Å². The Balaban J connectivity index is 1.84. The molecule has 0 saturated carbocycles. The number of aromatic amines is 1. The van der Waals surface area contributed by atoms with Gasteiger partial charge in [0.15, 0.2) is 17.6 Å². The third-order valence-electron chi connectivity index (χ3n) is 3.67. The lowest BCUT2D eigenvalue weighted by Crippen LogP contribution is -2.53. The molecule has 5 N–H and O–H groups in total. The van der Waals surface area contributed by atoms with E-state index < -0.39 is 36.6 Å². The van der Waals surface area contributed by atoms with Gasteiger partial charge >= 0.3 is 0 Å². The van der Waals surface area contributed by atoms with Crippen molar-refractivity contribution in [1.29, 1.82) is 0 Å². The number of fused-ring (bicyclic) bond motifs is 1. The third-order valence-corrected chi connectivity index (χ3v) is 3.67. The second-order valence-corrected chi connectivity index (χ2v) is 5.20. The maximum absolute atomic E-state index is 12.3. The van der Waals surface area contributed by atoms with Gasteiger partial charge in [-0.2, -0.15) is 0 Å². The van der Waals surface area contributed by atoms with Crippen LogP contribution in [0.3, 0.4) is 0 Å². The molecule has 0 bridgehead atoms. The number of aromatic nitrogens is 4. The third kappa shape index (κ3) is 2.22. The molecule has 0 spiro atoms. The number of carbonyl (C=O) groups excluding carboxylic acids is 1. The van der Waals surface area contributed by atoms with Crippen LogP contribution in [0, 0.1) is 0 Å². The molecule has 4 atom stereocenters. The van der Waals surface area contributed by atoms with Crippen LogP contribution in [0.4, 0.5) is 0 Å². The van der Waals surface area contributed by atoms with Crippen molar-refractivity contribution < 1.29 is 24.9 Å². The first-order valence-corrected chi connectivity index (χ1v) is 6.57. The van der Waals surface area contributed by atoms with Crippen molar-refractivity contribution in [2.75, 3.05) is 6.61 Å². The summed E-state index contributed by atoms with van der Waals surface area (Å²) in [7, 11) is 0. The number of carbonyl (C=O) groups is 1. The summed E-state index contributed by atoms with van der Waals surface area (Å²) in [5.74, 6) is -0.632. The minimum absolute atomic E-state index is 0.0313. The zero-order valence-electron chi connectivity index (χ0n) is 11.6. The number of aliphatic hydroxyl groups is 3. The molecule has 1 aliphatic rings. The Hall–Kier alpha value is -2.14. The molecule has 10 heteroatoms. The Morgan fingerprint density at radius 1 is 1.50 bits per heavy atom. The van der Waals surface area contributed by atoms with Gasteiger partial charge in [0.25, 0.3) is 5.91 Å². The number of H-pyrrole nitrogens is 1. The molecule has 10 nitrogen and oxygen atoms in total. The van der Waals surface area contributed by atoms with Crippen molar-refractivity contribution in [2.24, 2.45) is 0 Å². The van der Waals surface area contributed by atoms with E-state index >= 15 is 0 Å². The van der Waals surface area contributed by atoms with E-state index in [1.807, 2.05) is 0 Å². The van der Waals surface area contributed by atoms with Crippen LogP contribution in [0.25, 0.3) is 11.2 Å². The molecule has 118 valence electrons. The summed E-state index contributed by atoms with van der Waals surface area (Å²) in [4.78, 5) is 26.8. The standard InChI is InChI=1S/C12H15N5O5/c1-12(21)8(19)5(2-18)22-11(12)17-10(20)7-6-9(15-3-13-6)16-4-14-7/h3-5,8,11,18-19,21H,2H2,1H3,(H,17,20)(H,13,14,15,16)/t5-,8-,11?,12-/m1/s1. The van der Waals surface area contributed by atoms with Crippen LogP contribution in [0.5, 0.6) is 0 Å². The second-order valence-electron chi connectivity index (χ2n) is 5.20. The highest BCUT2D eigenvalue weighted by molar-refractivity contribution is 6.02. The number of aliphatic hydroxyl groups excluding tert-OH is 2. The van der Waals surface area contributed by atoms with Crippen LogP contribution in [0.15, 0.2) is 12.7 Å². The van der Waals surface area contributed by atoms with E-state index in [0.29, 0.717) is 11.2 Å². The van der Waals surface area contributed by atoms with Gasteiger partial charge in [0.05, 0.1) is 12.9 Å². The van der Waals surface area contributed by atoms with Gasteiger partial charge in [0.1, 0.15) is 29.7 Å². The number of hydrogen-bond donors (Lipinski definition) is 5. The Labute approximate surface area is 124 Å². The molecule has 2 aromatic heterocycles. The van der Waals surface area contributed by atoms with Gasteiger partial charge in [-0.1, -0.05) is 0 Å². The number of hydrogen-bond acceptors (Lipinski definition) is 8. The summed E-state index contributed by atoms with van der Waals surface area (Å²) in [6.07, 6.45) is -0.945. The van der Waals surface area contributed by atoms with Gasteiger partial charge in [-0.3, -0.25) is 4.79 Å². The van der Waals surface area contributed by atoms with Crippen molar-refractivity contribution >= 4 is 17.1 Å². The summed E-state index contributed by atoms with van der Waals surface area (Å²) in [5, 5.41) is 31.7. The van der Waals surface area contributed by atoms with Crippen LogP contribution < -0.4 is 5.32 Å². The maximum atomic E-state index is 12.3. The molecule has 0 aromatic carbocycles. The number of amides is 1. The van der Waals surface area contributed by atoms with Gasteiger partial charge in [0, 0.05) is 0 Å². The van der Waals surface area contributed by atoms with Crippen LogP contribution in [0.2, 0.25) is 0 Å². The highest BCUT2D eigenvalue weighted by Gasteiger charge is 2.52. The van der Waals surface area contributed by atoms with Crippen LogP contribution in [-0.4, -0.2) is 71.8 Å². The molecule has 1 unspecified atom stereocenters. The lowest BCUT2D eigenvalue weighted by molar-refractivity contribution is -0.0715. The fraction of sp³-hybridized carbons (Fsp3) is 0.500. The minimum Gasteiger partial charge on any atom is -0.394 e. The van der Waals surface area contributed by atoms with Crippen molar-refractivity contribution in [3.63, 3.8) is 0 Å². The summed E-state index contributed by atoms with van der Waals surface area (Å²) in [5.41, 5.74) is -1.04. The van der Waals surface area contributed by atoms with E-state index in [-0.39, 0.29) is 5.69 Å². The van der Waals surface area contributed by atoms with Gasteiger partial charge in [-0.15, -0.1) is 0 Å². The van der Waals surface area contributed by atoms with E-state index in [0.717, 1.165) is 0 Å². The lowest BCUT2D eigenvalue weighted by atomic mass is 9.96. The molecule has 2 aromatic rings. The highest BCUT2D eigenvalue weighted by atomic mass is 16.6. The van der Waals surface area contributed by atoms with E-state index in [1.54, 1.807) is 0 Å². The van der Waals surface area contributed by atoms with Crippen molar-refractivity contribution in [3.8, 4) is 0 Å². The van der Waals surface area contributed by atoms with Crippen LogP contribution in [0.1, 0.15) is 17.4 Å². The minimum atomic E-state index is -1.75. The summed E-state index contributed by atoms with van der Waals surface area (Å²) < 4.78 is 5.27. The van der Waals surface area contributed by atoms with Crippen LogP contribution >= 0.6 is 0 Å². The fourth-order valence-corrected chi connectivity index (χ4v) is 2.37. The molecule has 3 rings (SSSR count). The van der Waals surface area contributed by atoms with Gasteiger partial charge in [-0.05, 0) is 6.92 Å². The number of ether oxygens (including phenoxy) is 1. The van der Waals surface area contributed by atoms with E-state index in [4.69, 9.17) is 9.84 Å². The predicted octanol–water partition coefficient (Wildman–Crippen LogP) is -2.09. The number of nitrogens with one attached hydrogen (secondary N) is 2. The Bertz CT molecular complexity index is 702. The quantitative estimate of drug-likeness (QED) is 0.432. The predicted molar refractivity (Wildman–Crippen MR) is 71.5 cm³/mol. The Morgan fingerprint density at radius 2 is 2.27 bits per heavy atom. The number of rotatable bonds is 3. The molecular formula is C12H15N5O5. The van der Waals surface area contributed by atoms with Gasteiger partial charge < -0.3 is 30.4 Å². The maximum Gasteiger partial charge on any atom is 0.274 e. The lowest BCUT2D eigenvalue weighted by Gasteiger charge is -2.26. The average molecular weight is 309 g/mol. The first kappa shape index (κ1) is 14.8. The zero-order chi connectivity index (χ0) is 15.9. The molecule has 1 aliphatic heterocycles. The molecule has 22 heavy (non-hydrogen) atoms. The van der Waals surface area contributed by atoms with Gasteiger partial charge in [-0.25, -0.2) is 15.0 Å². The fourth-order valence-electron chi connectivity index (χ4n) is 2.37. The van der Waals surface area contributed by atoms with Crippen molar-refractivity contribution in [2.45, 2.75) is 31.0 Å². The monoisotopic (exact) mass is 309 g/mol. The van der Waals surface area contributed by atoms with E-state index in [1.165, 1.54) is 19.6 Å². The molecule has 1 saturated heterocycles. The van der Waals surface area contributed by atoms with Crippen molar-refractivity contribution in [1.82, 2.24) is 25.3 Å². The summed E-state index contributed by atoms with van der Waals surface area (Å²) in [6, 6.07) is 0. The largest absolute Gasteiger partial charge is 0.394 e. The highest BCUT2D eigenvalue weighted by Crippen LogP contribution is 2.29. The molecule has 0 radical (unpaired) electrons. The molecule has 0 aliphatic carbocycles. The van der Waals surface area contributed by atoms with E-state index in [9.17, 15) is 15.0 Å². The van der Waals surface area contributed by atoms with E-state index in [2.05, 4.69) is 25.3 Å². The Kier molecular flexibility index (Phi) is 3.53. The first-order chi connectivity index (χ1) is 10.4. The van der Waals surface area contributed by atoms with Gasteiger partial charge in [0.2, 0.25) is 0 Å². The SMILES string of the molecule is C[C@]1(O)C(NC(=O)c2ncnc3nc[nH]c23)O[C@H](CO)[C@H]1O. The topological polar surface area (TPSA) is 153 Å². The van der Waals surface area contributed by atoms with Crippen molar-refractivity contribution in [3.05, 3.63) is 18.3 Å². The molecule has 3 heterocycles. The zero-order valence-corrected chi connectivity index (χ0v) is 11.6. The first-order valence-electron chi connectivity index (χ1n) is 6.57. The molecule has 1 amide bonds. The second kappa shape index (κ2) is 5.25. The summed E-state index contributed by atoms with van der Waals surface area (Å²) >= 11 is 0. The molecule has 1 fully saturated rings. The number of nitrogens with zero attached hydrogens (tertiary/aromatic N) is 3.